The Morgan fingerprint density at radius 1 is 1.47 bits per heavy atom. The topological polar surface area (TPSA) is 40.6 Å². The van der Waals surface area contributed by atoms with E-state index >= 15 is 0 Å². The maximum absolute atomic E-state index is 12.6. The Kier molecular flexibility index (Phi) is 2.97. The van der Waals surface area contributed by atoms with Crippen LogP contribution < -0.4 is 0 Å². The first-order valence-corrected chi connectivity index (χ1v) is 4.58. The lowest BCUT2D eigenvalue weighted by atomic mass is 9.92. The van der Waals surface area contributed by atoms with Gasteiger partial charge in [-0.2, -0.15) is 0 Å². The van der Waals surface area contributed by atoms with E-state index in [1.54, 1.807) is 0 Å². The second-order valence-electron chi connectivity index (χ2n) is 4.26. The number of amides is 2. The molecular formula is C9H14F2N2O2. The second-order valence-corrected chi connectivity index (χ2v) is 4.26. The molecule has 86 valence electrons. The van der Waals surface area contributed by atoms with Gasteiger partial charge in [0.15, 0.2) is 0 Å². The maximum atomic E-state index is 12.6. The molecule has 0 aromatic heterocycles. The average Bonchev–Trinajstić information content (AvgIpc) is 2.45. The molecule has 2 amide bonds. The smallest absolute Gasteiger partial charge is 0.252 e. The van der Waals surface area contributed by atoms with Crippen molar-refractivity contribution in [1.82, 2.24) is 9.80 Å². The zero-order valence-corrected chi connectivity index (χ0v) is 8.96. The third kappa shape index (κ3) is 2.08. The van der Waals surface area contributed by atoms with Crippen LogP contribution in [0.1, 0.15) is 13.8 Å². The van der Waals surface area contributed by atoms with Gasteiger partial charge < -0.3 is 9.80 Å². The minimum absolute atomic E-state index is 0.0911. The second kappa shape index (κ2) is 3.75. The Morgan fingerprint density at radius 3 is 2.33 bits per heavy atom. The molecule has 0 spiro atoms. The highest BCUT2D eigenvalue weighted by atomic mass is 19.3. The zero-order valence-electron chi connectivity index (χ0n) is 8.96. The first-order chi connectivity index (χ1) is 6.76. The van der Waals surface area contributed by atoms with Crippen LogP contribution in [0.4, 0.5) is 8.78 Å². The summed E-state index contributed by atoms with van der Waals surface area (Å²) in [6, 6.07) is 0. The van der Waals surface area contributed by atoms with Crippen molar-refractivity contribution in [3.05, 3.63) is 0 Å². The number of alkyl halides is 2. The number of hydrogen-bond acceptors (Lipinski definition) is 2. The van der Waals surface area contributed by atoms with Crippen LogP contribution in [-0.4, -0.2) is 48.3 Å². The Balaban J connectivity index is 2.75. The molecule has 0 atom stereocenters. The molecule has 0 aromatic rings. The van der Waals surface area contributed by atoms with Crippen LogP contribution in [0.3, 0.4) is 0 Å². The number of halogens is 2. The summed E-state index contributed by atoms with van der Waals surface area (Å²) in [6.07, 6.45) is -2.73. The summed E-state index contributed by atoms with van der Waals surface area (Å²) in [4.78, 5) is 25.3. The van der Waals surface area contributed by atoms with E-state index in [2.05, 4.69) is 0 Å². The van der Waals surface area contributed by atoms with Crippen LogP contribution in [0.2, 0.25) is 0 Å². The molecule has 1 aliphatic heterocycles. The Labute approximate surface area is 86.8 Å². The van der Waals surface area contributed by atoms with Gasteiger partial charge in [0.2, 0.25) is 11.8 Å². The van der Waals surface area contributed by atoms with E-state index in [-0.39, 0.29) is 19.1 Å². The molecule has 0 bridgehead atoms. The summed E-state index contributed by atoms with van der Waals surface area (Å²) in [5.41, 5.74) is -1.73. The molecule has 1 saturated heterocycles. The van der Waals surface area contributed by atoms with Crippen molar-refractivity contribution in [2.24, 2.45) is 5.41 Å². The summed E-state index contributed by atoms with van der Waals surface area (Å²) in [6.45, 7) is 2.35. The molecule has 6 heteroatoms. The van der Waals surface area contributed by atoms with Crippen molar-refractivity contribution in [1.29, 1.82) is 0 Å². The fraction of sp³-hybridized carbons (Fsp3) is 0.778. The van der Waals surface area contributed by atoms with Crippen molar-refractivity contribution in [3.8, 4) is 0 Å². The molecule has 0 aromatic carbocycles. The first-order valence-electron chi connectivity index (χ1n) is 4.58. The van der Waals surface area contributed by atoms with E-state index in [4.69, 9.17) is 0 Å². The van der Waals surface area contributed by atoms with E-state index in [1.807, 2.05) is 0 Å². The van der Waals surface area contributed by atoms with Crippen LogP contribution in [0, 0.1) is 5.41 Å². The monoisotopic (exact) mass is 220 g/mol. The standard InChI is InChI=1S/C9H14F2N2O2/c1-9(2,7(10)11)8(15)13-4-6(14)12(3)5-13/h7H,4-5H2,1-3H3. The van der Waals surface area contributed by atoms with Crippen LogP contribution in [0.25, 0.3) is 0 Å². The molecule has 0 N–H and O–H groups in total. The maximum Gasteiger partial charge on any atom is 0.252 e. The van der Waals surface area contributed by atoms with Gasteiger partial charge in [-0.15, -0.1) is 0 Å². The lowest BCUT2D eigenvalue weighted by Gasteiger charge is -2.27. The minimum Gasteiger partial charge on any atom is -0.326 e. The molecule has 4 nitrogen and oxygen atoms in total. The van der Waals surface area contributed by atoms with E-state index in [1.165, 1.54) is 25.8 Å². The highest BCUT2D eigenvalue weighted by Crippen LogP contribution is 2.28. The SMILES string of the molecule is CN1CN(C(=O)C(C)(C)C(F)F)CC1=O. The van der Waals surface area contributed by atoms with Crippen LogP contribution in [-0.2, 0) is 9.59 Å². The molecule has 0 unspecified atom stereocenters. The molecular weight excluding hydrogens is 206 g/mol. The molecule has 15 heavy (non-hydrogen) atoms. The predicted octanol–water partition coefficient (Wildman–Crippen LogP) is 0.536. The molecule has 1 aliphatic rings. The average molecular weight is 220 g/mol. The Hall–Kier alpha value is -1.20. The summed E-state index contributed by atoms with van der Waals surface area (Å²) in [5, 5.41) is 0. The van der Waals surface area contributed by atoms with Crippen molar-refractivity contribution in [2.75, 3.05) is 20.3 Å². The highest BCUT2D eigenvalue weighted by Gasteiger charge is 2.43. The predicted molar refractivity (Wildman–Crippen MR) is 49.1 cm³/mol. The van der Waals surface area contributed by atoms with Crippen LogP contribution in [0.15, 0.2) is 0 Å². The first kappa shape index (κ1) is 11.9. The fourth-order valence-electron chi connectivity index (χ4n) is 1.31. The van der Waals surface area contributed by atoms with Gasteiger partial charge in [0.05, 0.1) is 6.67 Å². The normalized spacial score (nSPS) is 17.9. The lowest BCUT2D eigenvalue weighted by Crippen LogP contribution is -2.44. The number of carbonyl (C=O) groups excluding carboxylic acids is 2. The third-order valence-electron chi connectivity index (χ3n) is 2.52. The number of hydrogen-bond donors (Lipinski definition) is 0. The van der Waals surface area contributed by atoms with Crippen molar-refractivity contribution < 1.29 is 18.4 Å². The summed E-state index contributed by atoms with van der Waals surface area (Å²) >= 11 is 0. The lowest BCUT2D eigenvalue weighted by molar-refractivity contribution is -0.148. The van der Waals surface area contributed by atoms with Gasteiger partial charge in [-0.25, -0.2) is 8.78 Å². The molecule has 1 rings (SSSR count). The molecule has 0 saturated carbocycles. The number of rotatable bonds is 2. The van der Waals surface area contributed by atoms with Crippen LogP contribution >= 0.6 is 0 Å². The minimum atomic E-state index is -2.73. The number of nitrogens with zero attached hydrogens (tertiary/aromatic N) is 2. The van der Waals surface area contributed by atoms with E-state index < -0.39 is 17.7 Å². The van der Waals surface area contributed by atoms with Crippen molar-refractivity contribution in [3.63, 3.8) is 0 Å². The number of carbonyl (C=O) groups is 2. The van der Waals surface area contributed by atoms with E-state index in [0.717, 1.165) is 4.90 Å². The van der Waals surface area contributed by atoms with Gasteiger partial charge >= 0.3 is 0 Å². The highest BCUT2D eigenvalue weighted by molar-refractivity contribution is 5.90. The summed E-state index contributed by atoms with van der Waals surface area (Å²) in [5.74, 6) is -0.913. The van der Waals surface area contributed by atoms with Crippen molar-refractivity contribution in [2.45, 2.75) is 20.3 Å². The van der Waals surface area contributed by atoms with Gasteiger partial charge in [0, 0.05) is 7.05 Å². The summed E-state index contributed by atoms with van der Waals surface area (Å²) < 4.78 is 25.1. The number of likely N-dealkylation sites (N-methyl/N-ethyl adjacent to an activating group) is 1. The quantitative estimate of drug-likeness (QED) is 0.681. The molecule has 0 aliphatic carbocycles. The molecule has 1 heterocycles. The molecule has 1 fully saturated rings. The van der Waals surface area contributed by atoms with Gasteiger partial charge in [0.1, 0.15) is 12.0 Å². The Morgan fingerprint density at radius 2 is 2.00 bits per heavy atom. The molecule has 0 radical (unpaired) electrons. The van der Waals surface area contributed by atoms with E-state index in [9.17, 15) is 18.4 Å². The summed E-state index contributed by atoms with van der Waals surface area (Å²) in [7, 11) is 1.53. The third-order valence-corrected chi connectivity index (χ3v) is 2.52. The van der Waals surface area contributed by atoms with E-state index in [0.29, 0.717) is 0 Å². The van der Waals surface area contributed by atoms with Crippen molar-refractivity contribution >= 4 is 11.8 Å². The van der Waals surface area contributed by atoms with Gasteiger partial charge in [0.25, 0.3) is 6.43 Å². The van der Waals surface area contributed by atoms with Gasteiger partial charge in [-0.05, 0) is 13.8 Å². The largest absolute Gasteiger partial charge is 0.326 e. The van der Waals surface area contributed by atoms with Gasteiger partial charge in [-0.3, -0.25) is 9.59 Å². The van der Waals surface area contributed by atoms with Gasteiger partial charge in [-0.1, -0.05) is 0 Å². The fourth-order valence-corrected chi connectivity index (χ4v) is 1.31. The van der Waals surface area contributed by atoms with Crippen LogP contribution in [0.5, 0.6) is 0 Å². The zero-order chi connectivity index (χ0) is 11.8. The Bertz CT molecular complexity index is 292.